The number of pyridine rings is 1. The maximum atomic E-state index is 14.8. The van der Waals surface area contributed by atoms with Crippen molar-refractivity contribution >= 4 is 33.9 Å². The molecule has 0 saturated carbocycles. The van der Waals surface area contributed by atoms with Crippen molar-refractivity contribution in [3.63, 3.8) is 0 Å². The van der Waals surface area contributed by atoms with E-state index in [1.165, 1.54) is 6.07 Å². The van der Waals surface area contributed by atoms with Gasteiger partial charge in [0.05, 0.1) is 11.1 Å². The Morgan fingerprint density at radius 3 is 2.76 bits per heavy atom. The lowest BCUT2D eigenvalue weighted by atomic mass is 9.99. The maximum absolute atomic E-state index is 14.8. The van der Waals surface area contributed by atoms with Crippen LogP contribution in [-0.4, -0.2) is 37.7 Å². The summed E-state index contributed by atoms with van der Waals surface area (Å²) in [5.74, 6) is -0.156. The number of benzene rings is 2. The van der Waals surface area contributed by atoms with Gasteiger partial charge in [0.25, 0.3) is 5.56 Å². The predicted octanol–water partition coefficient (Wildman–Crippen LogP) is 3.73. The highest BCUT2D eigenvalue weighted by atomic mass is 19.1. The van der Waals surface area contributed by atoms with Crippen LogP contribution in [0.5, 0.6) is 0 Å². The lowest BCUT2D eigenvalue weighted by Gasteiger charge is -2.08. The molecular weight excluding hydrogens is 437 g/mol. The lowest BCUT2D eigenvalue weighted by molar-refractivity contribution is 0.252. The number of imidazole rings is 1. The SMILES string of the molecule is CCNC(=O)Nc1nc2cc(-c3cc(Cc4n[nH]c(=O)c5ccccc45)ccc3F)cnc2[nH]1. The fraction of sp³-hybridized carbons (Fsp3) is 0.125. The molecule has 0 fully saturated rings. The number of carbonyl (C=O) groups is 1. The third kappa shape index (κ3) is 4.08. The van der Waals surface area contributed by atoms with Crippen LogP contribution < -0.4 is 16.2 Å². The van der Waals surface area contributed by atoms with Gasteiger partial charge in [-0.2, -0.15) is 5.10 Å². The second-order valence-electron chi connectivity index (χ2n) is 7.70. The highest BCUT2D eigenvalue weighted by Crippen LogP contribution is 2.27. The van der Waals surface area contributed by atoms with Crippen LogP contribution in [0.1, 0.15) is 18.2 Å². The molecule has 5 aromatic rings. The zero-order valence-corrected chi connectivity index (χ0v) is 18.1. The predicted molar refractivity (Wildman–Crippen MR) is 127 cm³/mol. The molecule has 0 radical (unpaired) electrons. The van der Waals surface area contributed by atoms with Crippen molar-refractivity contribution in [3.05, 3.63) is 82.2 Å². The minimum atomic E-state index is -0.402. The molecule has 2 aromatic carbocycles. The van der Waals surface area contributed by atoms with E-state index >= 15 is 0 Å². The van der Waals surface area contributed by atoms with E-state index in [1.807, 2.05) is 19.1 Å². The van der Waals surface area contributed by atoms with E-state index in [1.54, 1.807) is 36.5 Å². The third-order valence-electron chi connectivity index (χ3n) is 5.39. The Kier molecular flexibility index (Phi) is 5.46. The largest absolute Gasteiger partial charge is 0.338 e. The Bertz CT molecular complexity index is 1590. The summed E-state index contributed by atoms with van der Waals surface area (Å²) in [5, 5.41) is 13.3. The number of amides is 2. The van der Waals surface area contributed by atoms with E-state index in [9.17, 15) is 14.0 Å². The van der Waals surface area contributed by atoms with Crippen molar-refractivity contribution in [1.82, 2.24) is 30.5 Å². The number of halogens is 1. The van der Waals surface area contributed by atoms with Gasteiger partial charge in [0.2, 0.25) is 5.95 Å². The summed E-state index contributed by atoms with van der Waals surface area (Å²) in [5.41, 5.74) is 3.12. The van der Waals surface area contributed by atoms with Gasteiger partial charge >= 0.3 is 6.03 Å². The number of hydrogen-bond donors (Lipinski definition) is 4. The fourth-order valence-corrected chi connectivity index (χ4v) is 3.82. The number of fused-ring (bicyclic) bond motifs is 2. The van der Waals surface area contributed by atoms with Crippen molar-refractivity contribution in [2.75, 3.05) is 11.9 Å². The number of nitrogens with zero attached hydrogens (tertiary/aromatic N) is 3. The Hall–Kier alpha value is -4.60. The standard InChI is InChI=1S/C24H20FN7O2/c1-2-26-24(34)30-23-28-20-11-14(12-27-21(20)29-23)17-9-13(7-8-18(17)25)10-19-15-5-3-4-6-16(15)22(33)32-31-19/h3-9,11-12H,2,10H2,1H3,(H,32,33)(H3,26,27,28,29,30,34). The molecule has 0 aliphatic rings. The van der Waals surface area contributed by atoms with Crippen molar-refractivity contribution in [2.45, 2.75) is 13.3 Å². The second-order valence-corrected chi connectivity index (χ2v) is 7.70. The first kappa shape index (κ1) is 21.3. The summed E-state index contributed by atoms with van der Waals surface area (Å²) < 4.78 is 14.8. The average molecular weight is 457 g/mol. The molecule has 10 heteroatoms. The Balaban J connectivity index is 1.48. The van der Waals surface area contributed by atoms with Gasteiger partial charge in [-0.15, -0.1) is 0 Å². The summed E-state index contributed by atoms with van der Waals surface area (Å²) >= 11 is 0. The Morgan fingerprint density at radius 1 is 1.12 bits per heavy atom. The molecule has 3 aromatic heterocycles. The van der Waals surface area contributed by atoms with E-state index in [-0.39, 0.29) is 17.5 Å². The van der Waals surface area contributed by atoms with E-state index in [0.717, 1.165) is 10.9 Å². The van der Waals surface area contributed by atoms with Crippen LogP contribution in [0.15, 0.2) is 59.5 Å². The summed E-state index contributed by atoms with van der Waals surface area (Å²) in [7, 11) is 0. The molecule has 0 saturated heterocycles. The normalized spacial score (nSPS) is 11.1. The Morgan fingerprint density at radius 2 is 1.94 bits per heavy atom. The van der Waals surface area contributed by atoms with Gasteiger partial charge in [-0.3, -0.25) is 10.1 Å². The molecule has 0 spiro atoms. The summed E-state index contributed by atoms with van der Waals surface area (Å²) in [6, 6.07) is 13.4. The van der Waals surface area contributed by atoms with Crippen LogP contribution in [0.25, 0.3) is 33.1 Å². The molecule has 0 aliphatic heterocycles. The molecule has 34 heavy (non-hydrogen) atoms. The number of H-pyrrole nitrogens is 2. The summed E-state index contributed by atoms with van der Waals surface area (Å²) in [6.07, 6.45) is 1.95. The van der Waals surface area contributed by atoms with Gasteiger partial charge in [0, 0.05) is 35.7 Å². The molecule has 4 N–H and O–H groups in total. The maximum Gasteiger partial charge on any atom is 0.321 e. The van der Waals surface area contributed by atoms with E-state index in [4.69, 9.17) is 0 Å². The van der Waals surface area contributed by atoms with Crippen LogP contribution in [0, 0.1) is 5.82 Å². The van der Waals surface area contributed by atoms with Crippen LogP contribution in [-0.2, 0) is 6.42 Å². The number of aromatic nitrogens is 5. The zero-order valence-electron chi connectivity index (χ0n) is 18.1. The van der Waals surface area contributed by atoms with Crippen LogP contribution >= 0.6 is 0 Å². The fourth-order valence-electron chi connectivity index (χ4n) is 3.82. The molecule has 0 bridgehead atoms. The molecule has 0 unspecified atom stereocenters. The number of carbonyl (C=O) groups excluding carboxylic acids is 1. The van der Waals surface area contributed by atoms with Crippen LogP contribution in [0.4, 0.5) is 15.1 Å². The molecule has 2 amide bonds. The first-order chi connectivity index (χ1) is 16.5. The van der Waals surface area contributed by atoms with Gasteiger partial charge in [0.15, 0.2) is 5.65 Å². The van der Waals surface area contributed by atoms with E-state index in [0.29, 0.717) is 46.3 Å². The van der Waals surface area contributed by atoms with Gasteiger partial charge in [-0.1, -0.05) is 24.3 Å². The lowest BCUT2D eigenvalue weighted by Crippen LogP contribution is -2.28. The van der Waals surface area contributed by atoms with Gasteiger partial charge in [-0.05, 0) is 36.8 Å². The number of aromatic amines is 2. The molecule has 9 nitrogen and oxygen atoms in total. The number of rotatable bonds is 5. The smallest absolute Gasteiger partial charge is 0.321 e. The molecule has 170 valence electrons. The molecule has 0 atom stereocenters. The molecular formula is C24H20FN7O2. The van der Waals surface area contributed by atoms with Gasteiger partial charge in [0.1, 0.15) is 11.3 Å². The number of hydrogen-bond acceptors (Lipinski definition) is 5. The van der Waals surface area contributed by atoms with Crippen molar-refractivity contribution < 1.29 is 9.18 Å². The van der Waals surface area contributed by atoms with E-state index < -0.39 is 5.82 Å². The zero-order chi connectivity index (χ0) is 23.7. The summed E-state index contributed by atoms with van der Waals surface area (Å²) in [6.45, 7) is 2.29. The third-order valence-corrected chi connectivity index (χ3v) is 5.39. The highest BCUT2D eigenvalue weighted by molar-refractivity contribution is 5.90. The molecule has 0 aliphatic carbocycles. The monoisotopic (exact) mass is 457 g/mol. The van der Waals surface area contributed by atoms with Crippen molar-refractivity contribution in [3.8, 4) is 11.1 Å². The van der Waals surface area contributed by atoms with Gasteiger partial charge in [-0.25, -0.2) is 24.3 Å². The first-order valence-corrected chi connectivity index (χ1v) is 10.7. The number of urea groups is 1. The van der Waals surface area contributed by atoms with Crippen LogP contribution in [0.3, 0.4) is 0 Å². The second kappa shape index (κ2) is 8.74. The number of nitrogens with one attached hydrogen (secondary N) is 4. The topological polar surface area (TPSA) is 128 Å². The quantitative estimate of drug-likeness (QED) is 0.320. The minimum Gasteiger partial charge on any atom is -0.338 e. The first-order valence-electron chi connectivity index (χ1n) is 10.7. The highest BCUT2D eigenvalue weighted by Gasteiger charge is 2.13. The minimum absolute atomic E-state index is 0.246. The average Bonchev–Trinajstić information content (AvgIpc) is 3.23. The van der Waals surface area contributed by atoms with Gasteiger partial charge < -0.3 is 10.3 Å². The van der Waals surface area contributed by atoms with Crippen molar-refractivity contribution in [2.24, 2.45) is 0 Å². The molecule has 3 heterocycles. The molecule has 5 rings (SSSR count). The summed E-state index contributed by atoms with van der Waals surface area (Å²) in [4.78, 5) is 35.4. The Labute approximate surface area is 192 Å². The van der Waals surface area contributed by atoms with E-state index in [2.05, 4.69) is 35.8 Å². The van der Waals surface area contributed by atoms with Crippen molar-refractivity contribution in [1.29, 1.82) is 0 Å². The van der Waals surface area contributed by atoms with Crippen LogP contribution in [0.2, 0.25) is 0 Å². The number of anilines is 1.